The average Bonchev–Trinajstić information content (AvgIpc) is 2.66. The maximum Gasteiger partial charge on any atom is 0.240 e. The van der Waals surface area contributed by atoms with E-state index in [0.29, 0.717) is 21.9 Å². The number of nitrogens with zero attached hydrogens (tertiary/aromatic N) is 2. The molecule has 0 unspecified atom stereocenters. The molecule has 0 spiro atoms. The molecule has 8 nitrogen and oxygen atoms in total. The zero-order chi connectivity index (χ0) is 19.4. The van der Waals surface area contributed by atoms with Crippen LogP contribution in [-0.4, -0.2) is 42.7 Å². The number of hydrogen-bond acceptors (Lipinski definition) is 7. The van der Waals surface area contributed by atoms with Crippen molar-refractivity contribution in [3.05, 3.63) is 34.9 Å². The molecular formula is C17H22BrN5O3S. The van der Waals surface area contributed by atoms with Crippen LogP contribution in [0.25, 0.3) is 0 Å². The standard InChI is InChI=1S/C17H22BrN5O3S/c1-19-27(25,26)12-8-6-11(7-9-12)21-17-20-10-13(18)16(23-17)22-14-4-2-3-5-15(14)24/h6-10,14-15,19,24H,2-5H2,1H3,(H2,20,21,22,23)/t14-,15-/m0/s1. The normalized spacial score (nSPS) is 20.3. The van der Waals surface area contributed by atoms with Crippen LogP contribution in [0.4, 0.5) is 17.5 Å². The van der Waals surface area contributed by atoms with Gasteiger partial charge in [0.25, 0.3) is 0 Å². The first-order valence-electron chi connectivity index (χ1n) is 8.67. The molecule has 2 aromatic rings. The summed E-state index contributed by atoms with van der Waals surface area (Å²) in [4.78, 5) is 8.87. The zero-order valence-electron chi connectivity index (χ0n) is 14.8. The third-order valence-corrected chi connectivity index (χ3v) is 6.50. The number of hydrogen-bond donors (Lipinski definition) is 4. The number of benzene rings is 1. The fraction of sp³-hybridized carbons (Fsp3) is 0.412. The lowest BCUT2D eigenvalue weighted by Crippen LogP contribution is -2.36. The predicted molar refractivity (Wildman–Crippen MR) is 108 cm³/mol. The molecule has 0 bridgehead atoms. The molecule has 0 saturated heterocycles. The maximum atomic E-state index is 11.8. The molecule has 4 N–H and O–H groups in total. The number of sulfonamides is 1. The van der Waals surface area contributed by atoms with Crippen LogP contribution in [0, 0.1) is 0 Å². The quantitative estimate of drug-likeness (QED) is 0.528. The van der Waals surface area contributed by atoms with Crippen LogP contribution in [-0.2, 0) is 10.0 Å². The fourth-order valence-corrected chi connectivity index (χ4v) is 3.98. The molecule has 0 amide bonds. The molecule has 1 aliphatic carbocycles. The van der Waals surface area contributed by atoms with Gasteiger partial charge < -0.3 is 15.7 Å². The molecule has 1 aliphatic rings. The third kappa shape index (κ3) is 4.95. The third-order valence-electron chi connectivity index (χ3n) is 4.49. The lowest BCUT2D eigenvalue weighted by Gasteiger charge is -2.29. The summed E-state index contributed by atoms with van der Waals surface area (Å²) in [5.74, 6) is 0.975. The van der Waals surface area contributed by atoms with Gasteiger partial charge in [-0.3, -0.25) is 0 Å². The van der Waals surface area contributed by atoms with Gasteiger partial charge in [0, 0.05) is 11.9 Å². The van der Waals surface area contributed by atoms with E-state index < -0.39 is 16.1 Å². The summed E-state index contributed by atoms with van der Waals surface area (Å²) in [6, 6.07) is 6.26. The number of nitrogens with one attached hydrogen (secondary N) is 3. The summed E-state index contributed by atoms with van der Waals surface area (Å²) >= 11 is 3.43. The molecule has 2 atom stereocenters. The van der Waals surface area contributed by atoms with E-state index in [1.807, 2.05) is 0 Å². The fourth-order valence-electron chi connectivity index (χ4n) is 2.95. The van der Waals surface area contributed by atoms with Gasteiger partial charge in [0.15, 0.2) is 0 Å². The van der Waals surface area contributed by atoms with Crippen molar-refractivity contribution in [1.29, 1.82) is 0 Å². The van der Waals surface area contributed by atoms with Crippen molar-refractivity contribution in [2.24, 2.45) is 0 Å². The van der Waals surface area contributed by atoms with E-state index in [0.717, 1.165) is 25.7 Å². The average molecular weight is 456 g/mol. The lowest BCUT2D eigenvalue weighted by atomic mass is 9.93. The molecule has 1 heterocycles. The van der Waals surface area contributed by atoms with Crippen LogP contribution in [0.5, 0.6) is 0 Å². The van der Waals surface area contributed by atoms with Gasteiger partial charge in [-0.1, -0.05) is 12.8 Å². The molecule has 0 aliphatic heterocycles. The van der Waals surface area contributed by atoms with Crippen molar-refractivity contribution >= 4 is 43.4 Å². The van der Waals surface area contributed by atoms with Gasteiger partial charge in [0.2, 0.25) is 16.0 Å². The first-order chi connectivity index (χ1) is 12.9. The number of anilines is 3. The minimum absolute atomic E-state index is 0.0381. The van der Waals surface area contributed by atoms with E-state index in [-0.39, 0.29) is 10.9 Å². The SMILES string of the molecule is CNS(=O)(=O)c1ccc(Nc2ncc(Br)c(N[C@H]3CCCC[C@@H]3O)n2)cc1. The van der Waals surface area contributed by atoms with Gasteiger partial charge >= 0.3 is 0 Å². The second-order valence-electron chi connectivity index (χ2n) is 6.35. The summed E-state index contributed by atoms with van der Waals surface area (Å²) in [5, 5.41) is 16.5. The van der Waals surface area contributed by atoms with Crippen LogP contribution < -0.4 is 15.4 Å². The van der Waals surface area contributed by atoms with Crippen molar-refractivity contribution in [2.45, 2.75) is 42.7 Å². The van der Waals surface area contributed by atoms with Gasteiger partial charge in [-0.05, 0) is 60.1 Å². The Morgan fingerprint density at radius 3 is 2.56 bits per heavy atom. The van der Waals surface area contributed by atoms with Crippen LogP contribution in [0.1, 0.15) is 25.7 Å². The highest BCUT2D eigenvalue weighted by atomic mass is 79.9. The van der Waals surface area contributed by atoms with Gasteiger partial charge in [0.05, 0.1) is 21.5 Å². The first kappa shape index (κ1) is 20.0. The molecular weight excluding hydrogens is 434 g/mol. The van der Waals surface area contributed by atoms with Gasteiger partial charge in [-0.2, -0.15) is 4.98 Å². The molecule has 1 saturated carbocycles. The van der Waals surface area contributed by atoms with Gasteiger partial charge in [-0.15, -0.1) is 0 Å². The molecule has 3 rings (SSSR count). The van der Waals surface area contributed by atoms with E-state index in [1.54, 1.807) is 18.3 Å². The Morgan fingerprint density at radius 1 is 1.19 bits per heavy atom. The number of halogens is 1. The second-order valence-corrected chi connectivity index (χ2v) is 9.09. The highest BCUT2D eigenvalue weighted by molar-refractivity contribution is 9.10. The number of aliphatic hydroxyl groups is 1. The highest BCUT2D eigenvalue weighted by Crippen LogP contribution is 2.27. The molecule has 1 fully saturated rings. The Labute approximate surface area is 167 Å². The molecule has 10 heteroatoms. The van der Waals surface area contributed by atoms with Crippen molar-refractivity contribution in [2.75, 3.05) is 17.7 Å². The molecule has 1 aromatic heterocycles. The Morgan fingerprint density at radius 2 is 1.89 bits per heavy atom. The molecule has 1 aromatic carbocycles. The highest BCUT2D eigenvalue weighted by Gasteiger charge is 2.24. The van der Waals surface area contributed by atoms with E-state index in [1.165, 1.54) is 19.2 Å². The summed E-state index contributed by atoms with van der Waals surface area (Å²) in [6.07, 6.45) is 5.03. The van der Waals surface area contributed by atoms with Gasteiger partial charge in [-0.25, -0.2) is 18.1 Å². The number of aromatic nitrogens is 2. The minimum Gasteiger partial charge on any atom is -0.391 e. The summed E-state index contributed by atoms with van der Waals surface area (Å²) in [6.45, 7) is 0. The summed E-state index contributed by atoms with van der Waals surface area (Å²) in [7, 11) is -2.10. The first-order valence-corrected chi connectivity index (χ1v) is 10.9. The topological polar surface area (TPSA) is 116 Å². The Kier molecular flexibility index (Phi) is 6.30. The van der Waals surface area contributed by atoms with Crippen molar-refractivity contribution < 1.29 is 13.5 Å². The predicted octanol–water partition coefficient (Wildman–Crippen LogP) is 2.61. The van der Waals surface area contributed by atoms with Crippen molar-refractivity contribution in [3.8, 4) is 0 Å². The van der Waals surface area contributed by atoms with E-state index >= 15 is 0 Å². The van der Waals surface area contributed by atoms with E-state index in [4.69, 9.17) is 0 Å². The van der Waals surface area contributed by atoms with Crippen molar-refractivity contribution in [3.63, 3.8) is 0 Å². The van der Waals surface area contributed by atoms with Crippen LogP contribution in [0.15, 0.2) is 39.8 Å². The lowest BCUT2D eigenvalue weighted by molar-refractivity contribution is 0.116. The van der Waals surface area contributed by atoms with E-state index in [2.05, 4.69) is 41.3 Å². The van der Waals surface area contributed by atoms with Gasteiger partial charge in [0.1, 0.15) is 5.82 Å². The Bertz CT molecular complexity index is 892. The molecule has 27 heavy (non-hydrogen) atoms. The number of aliphatic hydroxyl groups excluding tert-OH is 1. The Balaban J connectivity index is 1.74. The number of rotatable bonds is 6. The van der Waals surface area contributed by atoms with Crippen molar-refractivity contribution in [1.82, 2.24) is 14.7 Å². The van der Waals surface area contributed by atoms with Crippen LogP contribution >= 0.6 is 15.9 Å². The second kappa shape index (κ2) is 8.51. The summed E-state index contributed by atoms with van der Waals surface area (Å²) in [5.41, 5.74) is 0.663. The van der Waals surface area contributed by atoms with Crippen LogP contribution in [0.2, 0.25) is 0 Å². The largest absolute Gasteiger partial charge is 0.391 e. The summed E-state index contributed by atoms with van der Waals surface area (Å²) < 4.78 is 26.5. The maximum absolute atomic E-state index is 11.8. The smallest absolute Gasteiger partial charge is 0.240 e. The molecule has 146 valence electrons. The Hall–Kier alpha value is -1.75. The minimum atomic E-state index is -3.47. The molecule has 0 radical (unpaired) electrons. The van der Waals surface area contributed by atoms with Crippen LogP contribution in [0.3, 0.4) is 0 Å². The monoisotopic (exact) mass is 455 g/mol. The van der Waals surface area contributed by atoms with E-state index in [9.17, 15) is 13.5 Å². The zero-order valence-corrected chi connectivity index (χ0v) is 17.2.